The Morgan fingerprint density at radius 1 is 1.06 bits per heavy atom. The number of carbonyl (C=O) groups excluding carboxylic acids is 5. The molecule has 0 radical (unpaired) electrons. The Morgan fingerprint density at radius 2 is 1.76 bits per heavy atom. The maximum Gasteiger partial charge on any atom is 0.311 e. The van der Waals surface area contributed by atoms with E-state index in [-0.39, 0.29) is 43.3 Å². The Kier molecular flexibility index (Phi) is 10.9. The summed E-state index contributed by atoms with van der Waals surface area (Å²) in [4.78, 5) is 84.1. The number of nitrogens with zero attached hydrogens (tertiary/aromatic N) is 4. The van der Waals surface area contributed by atoms with Gasteiger partial charge in [0.05, 0.1) is 22.6 Å². The molecule has 5 amide bonds. The van der Waals surface area contributed by atoms with Gasteiger partial charge in [-0.2, -0.15) is 0 Å². The molecular formula is C37H49N7O9S. The fourth-order valence-corrected chi connectivity index (χ4v) is 8.93. The molecule has 0 spiro atoms. The maximum absolute atomic E-state index is 14.7. The largest absolute Gasteiger partial charge is 0.471 e. The molecule has 0 bridgehead atoms. The van der Waals surface area contributed by atoms with Gasteiger partial charge in [-0.1, -0.05) is 38.1 Å². The average molecular weight is 768 g/mol. The normalized spacial score (nSPS) is 28.9. The molecule has 17 heteroatoms. The van der Waals surface area contributed by atoms with Crippen LogP contribution in [-0.4, -0.2) is 107 Å². The number of hydrogen-bond acceptors (Lipinski definition) is 10. The molecular weight excluding hydrogens is 719 g/mol. The van der Waals surface area contributed by atoms with Crippen molar-refractivity contribution in [3.8, 4) is 5.88 Å². The van der Waals surface area contributed by atoms with E-state index in [0.29, 0.717) is 42.9 Å². The number of nitrogens with one attached hydrogen (secondary N) is 3. The summed E-state index contributed by atoms with van der Waals surface area (Å²) in [7, 11) is -1.08. The number of rotatable bonds is 7. The fourth-order valence-electron chi connectivity index (χ4n) is 7.57. The molecule has 6 rings (SSSR count). The summed E-state index contributed by atoms with van der Waals surface area (Å²) in [5.41, 5.74) is -1.87. The van der Waals surface area contributed by atoms with Gasteiger partial charge in [0.15, 0.2) is 0 Å². The number of aryl methyl sites for hydroxylation is 1. The SMILES string of the molecule is CCn1nc(O[C@@H]2C[C@H]3C(=O)N[C@]4(C(=O)NS(=O)(=O)C5CC5)C[C@H]4C=CCC[C@@H](C)C[C@@H](C)[C@H](NC(=O)C(=O)N(C)C)C(=O)N3C2)c2ccccc2c1=O. The van der Waals surface area contributed by atoms with Crippen molar-refractivity contribution in [3.63, 3.8) is 0 Å². The van der Waals surface area contributed by atoms with Crippen LogP contribution in [0.2, 0.25) is 0 Å². The highest BCUT2D eigenvalue weighted by molar-refractivity contribution is 7.91. The maximum atomic E-state index is 14.7. The summed E-state index contributed by atoms with van der Waals surface area (Å²) in [6, 6.07) is 4.39. The molecule has 292 valence electrons. The van der Waals surface area contributed by atoms with Gasteiger partial charge >= 0.3 is 11.8 Å². The summed E-state index contributed by atoms with van der Waals surface area (Å²) < 4.78 is 35.6. The minimum absolute atomic E-state index is 0.0561. The van der Waals surface area contributed by atoms with Gasteiger partial charge in [0.2, 0.25) is 27.7 Å². The zero-order valence-electron chi connectivity index (χ0n) is 31.2. The van der Waals surface area contributed by atoms with Gasteiger partial charge in [-0.25, -0.2) is 13.1 Å². The molecule has 3 N–H and O–H groups in total. The summed E-state index contributed by atoms with van der Waals surface area (Å²) in [6.07, 6.45) is 5.76. The minimum Gasteiger partial charge on any atom is -0.471 e. The first-order valence-electron chi connectivity index (χ1n) is 18.6. The molecule has 2 aliphatic carbocycles. The number of amides is 5. The second-order valence-corrected chi connectivity index (χ2v) is 17.3. The van der Waals surface area contributed by atoms with Crippen LogP contribution in [0.25, 0.3) is 10.8 Å². The van der Waals surface area contributed by atoms with Crippen LogP contribution in [0.4, 0.5) is 0 Å². The van der Waals surface area contributed by atoms with Crippen LogP contribution < -0.4 is 25.7 Å². The molecule has 2 saturated carbocycles. The van der Waals surface area contributed by atoms with E-state index in [4.69, 9.17) is 4.74 Å². The first kappa shape index (κ1) is 38.9. The van der Waals surface area contributed by atoms with E-state index >= 15 is 0 Å². The summed E-state index contributed by atoms with van der Waals surface area (Å²) in [6.45, 7) is 5.73. The third-order valence-corrected chi connectivity index (χ3v) is 12.7. The Bertz CT molecular complexity index is 2050. The van der Waals surface area contributed by atoms with Crippen LogP contribution in [0.1, 0.15) is 65.7 Å². The molecule has 7 atom stereocenters. The standard InChI is InChI=1S/C37H49N7O9S/c1-6-44-33(47)27-14-10-9-13-26(27)32(40-44)53-24-18-28-30(45)39-37(36(50)41-54(51,52)25-15-16-25)19-23(37)12-8-7-11-21(2)17-22(3)29(34(48)43(28)20-24)38-31(46)35(49)42(4)5/h8-10,12-14,21-25,28-29H,6-7,11,15-20H2,1-5H3,(H,38,46)(H,39,45)(H,41,50)/t21-,22-,23-,24-,28+,29+,37-/m1/s1. The molecule has 1 aromatic heterocycles. The predicted octanol–water partition coefficient (Wildman–Crippen LogP) is 0.833. The van der Waals surface area contributed by atoms with E-state index in [9.17, 15) is 37.2 Å². The van der Waals surface area contributed by atoms with Gasteiger partial charge in [-0.3, -0.25) is 33.5 Å². The number of ether oxygens (including phenoxy) is 1. The Morgan fingerprint density at radius 3 is 2.43 bits per heavy atom. The van der Waals surface area contributed by atoms with Crippen molar-refractivity contribution in [1.82, 2.24) is 34.9 Å². The lowest BCUT2D eigenvalue weighted by molar-refractivity contribution is -0.148. The van der Waals surface area contributed by atoms with Crippen LogP contribution in [0.15, 0.2) is 41.2 Å². The average Bonchev–Trinajstić information content (AvgIpc) is 4.06. The van der Waals surface area contributed by atoms with Crippen molar-refractivity contribution in [1.29, 1.82) is 0 Å². The van der Waals surface area contributed by atoms with Crippen LogP contribution in [0, 0.1) is 17.8 Å². The smallest absolute Gasteiger partial charge is 0.311 e. The molecule has 1 aromatic carbocycles. The number of likely N-dealkylation sites (N-methyl/N-ethyl adjacent to an activating group) is 1. The number of carbonyl (C=O) groups is 5. The molecule has 4 aliphatic rings. The van der Waals surface area contributed by atoms with Crippen molar-refractivity contribution in [2.75, 3.05) is 20.6 Å². The number of aromatic nitrogens is 2. The number of benzene rings is 1. The molecule has 3 fully saturated rings. The second-order valence-electron chi connectivity index (χ2n) is 15.4. The molecule has 1 saturated heterocycles. The second kappa shape index (κ2) is 15.1. The highest BCUT2D eigenvalue weighted by Gasteiger charge is 2.62. The van der Waals surface area contributed by atoms with E-state index in [1.165, 1.54) is 23.7 Å². The Labute approximate surface area is 314 Å². The van der Waals surface area contributed by atoms with Crippen LogP contribution in [0.5, 0.6) is 5.88 Å². The van der Waals surface area contributed by atoms with E-state index in [0.717, 1.165) is 4.90 Å². The third-order valence-electron chi connectivity index (χ3n) is 10.9. The molecule has 16 nitrogen and oxygen atoms in total. The quantitative estimate of drug-likeness (QED) is 0.267. The first-order chi connectivity index (χ1) is 25.6. The van der Waals surface area contributed by atoms with Crippen LogP contribution in [0.3, 0.4) is 0 Å². The van der Waals surface area contributed by atoms with Crippen LogP contribution >= 0.6 is 0 Å². The highest BCUT2D eigenvalue weighted by atomic mass is 32.2. The Balaban J connectivity index is 1.37. The molecule has 2 aliphatic heterocycles. The summed E-state index contributed by atoms with van der Waals surface area (Å²) in [5, 5.41) is 10.1. The van der Waals surface area contributed by atoms with Gasteiger partial charge in [-0.05, 0) is 69.4 Å². The predicted molar refractivity (Wildman–Crippen MR) is 197 cm³/mol. The van der Waals surface area contributed by atoms with Crippen LogP contribution in [-0.2, 0) is 40.5 Å². The van der Waals surface area contributed by atoms with E-state index < -0.39 is 80.4 Å². The van der Waals surface area contributed by atoms with E-state index in [1.807, 2.05) is 26.0 Å². The molecule has 2 aromatic rings. The van der Waals surface area contributed by atoms with E-state index in [1.54, 1.807) is 31.2 Å². The van der Waals surface area contributed by atoms with Crippen molar-refractivity contribution < 1.29 is 37.1 Å². The third kappa shape index (κ3) is 7.86. The summed E-state index contributed by atoms with van der Waals surface area (Å²) in [5.74, 6) is -4.71. The molecule has 3 heterocycles. The first-order valence-corrected chi connectivity index (χ1v) is 20.1. The lowest BCUT2D eigenvalue weighted by Crippen LogP contribution is -2.59. The number of fused-ring (bicyclic) bond motifs is 3. The number of hydrogen-bond donors (Lipinski definition) is 3. The monoisotopic (exact) mass is 767 g/mol. The number of sulfonamides is 1. The minimum atomic E-state index is -3.93. The summed E-state index contributed by atoms with van der Waals surface area (Å²) >= 11 is 0. The molecule has 54 heavy (non-hydrogen) atoms. The number of allylic oxidation sites excluding steroid dienone is 1. The lowest BCUT2D eigenvalue weighted by atomic mass is 9.87. The van der Waals surface area contributed by atoms with Crippen molar-refractivity contribution in [2.24, 2.45) is 17.8 Å². The van der Waals surface area contributed by atoms with Gasteiger partial charge in [0.1, 0.15) is 23.7 Å². The van der Waals surface area contributed by atoms with Gasteiger partial charge in [0, 0.05) is 33.0 Å². The fraction of sp³-hybridized carbons (Fsp3) is 0.595. The van der Waals surface area contributed by atoms with Gasteiger partial charge in [-0.15, -0.1) is 5.10 Å². The van der Waals surface area contributed by atoms with Crippen molar-refractivity contribution >= 4 is 50.3 Å². The van der Waals surface area contributed by atoms with Gasteiger partial charge in [0.25, 0.3) is 11.5 Å². The van der Waals surface area contributed by atoms with E-state index in [2.05, 4.69) is 20.5 Å². The lowest BCUT2D eigenvalue weighted by Gasteiger charge is -2.33. The van der Waals surface area contributed by atoms with Gasteiger partial charge < -0.3 is 25.2 Å². The Hall–Kier alpha value is -4.80. The zero-order valence-corrected chi connectivity index (χ0v) is 32.1. The molecule has 0 unspecified atom stereocenters. The topological polar surface area (TPSA) is 206 Å². The zero-order chi connectivity index (χ0) is 39.1. The van der Waals surface area contributed by atoms with Crippen molar-refractivity contribution in [3.05, 3.63) is 46.8 Å². The van der Waals surface area contributed by atoms with Crippen molar-refractivity contribution in [2.45, 2.75) is 101 Å². The highest BCUT2D eigenvalue weighted by Crippen LogP contribution is 2.46.